The number of amides is 2. The normalized spacial score (nSPS) is 13.8. The molecule has 0 fully saturated rings. The number of carbonyl (C=O) groups excluding carboxylic acids is 1. The summed E-state index contributed by atoms with van der Waals surface area (Å²) in [7, 11) is 3.54. The van der Waals surface area contributed by atoms with Crippen molar-refractivity contribution in [3.05, 3.63) is 36.0 Å². The van der Waals surface area contributed by atoms with E-state index in [2.05, 4.69) is 25.4 Å². The van der Waals surface area contributed by atoms with Crippen LogP contribution in [-0.2, 0) is 19.6 Å². The van der Waals surface area contributed by atoms with E-state index in [1.54, 1.807) is 19.0 Å². The monoisotopic (exact) mass is 340 g/mol. The number of aromatic amines is 1. The third-order valence-electron chi connectivity index (χ3n) is 4.29. The first-order chi connectivity index (χ1) is 12.1. The summed E-state index contributed by atoms with van der Waals surface area (Å²) < 4.78 is 1.97. The molecule has 0 bridgehead atoms. The Balaban J connectivity index is 1.47. The Kier molecular flexibility index (Phi) is 3.75. The average Bonchev–Trinajstić information content (AvgIpc) is 3.24. The summed E-state index contributed by atoms with van der Waals surface area (Å²) in [4.78, 5) is 27.1. The number of hydrogen-bond acceptors (Lipinski definition) is 5. The number of fused-ring (bicyclic) bond motifs is 2. The van der Waals surface area contributed by atoms with Crippen molar-refractivity contribution in [2.24, 2.45) is 0 Å². The molecule has 25 heavy (non-hydrogen) atoms. The van der Waals surface area contributed by atoms with E-state index in [4.69, 9.17) is 0 Å². The highest BCUT2D eigenvalue weighted by Gasteiger charge is 2.23. The van der Waals surface area contributed by atoms with Crippen molar-refractivity contribution in [1.29, 1.82) is 0 Å². The molecule has 9 heteroatoms. The summed E-state index contributed by atoms with van der Waals surface area (Å²) in [5, 5.41) is 8.89. The van der Waals surface area contributed by atoms with Crippen molar-refractivity contribution in [3.63, 3.8) is 0 Å². The van der Waals surface area contributed by atoms with Gasteiger partial charge in [-0.2, -0.15) is 5.10 Å². The number of carbonyl (C=O) groups is 1. The van der Waals surface area contributed by atoms with Gasteiger partial charge in [-0.15, -0.1) is 0 Å². The van der Waals surface area contributed by atoms with E-state index < -0.39 is 0 Å². The van der Waals surface area contributed by atoms with Gasteiger partial charge in [0.05, 0.1) is 36.4 Å². The van der Waals surface area contributed by atoms with Crippen molar-refractivity contribution >= 4 is 22.9 Å². The molecule has 0 aliphatic carbocycles. The molecule has 3 aromatic heterocycles. The lowest BCUT2D eigenvalue weighted by Crippen LogP contribution is -2.43. The maximum Gasteiger partial charge on any atom is 0.319 e. The molecule has 130 valence electrons. The van der Waals surface area contributed by atoms with Gasteiger partial charge in [-0.3, -0.25) is 4.68 Å². The summed E-state index contributed by atoms with van der Waals surface area (Å²) in [5.74, 6) is 0.779. The van der Waals surface area contributed by atoms with Crippen molar-refractivity contribution in [2.75, 3.05) is 26.0 Å². The lowest BCUT2D eigenvalue weighted by Gasteiger charge is -2.29. The number of H-pyrrole nitrogens is 1. The first-order valence-corrected chi connectivity index (χ1v) is 8.15. The molecule has 0 saturated heterocycles. The predicted molar refractivity (Wildman–Crippen MR) is 92.9 cm³/mol. The highest BCUT2D eigenvalue weighted by molar-refractivity contribution is 5.86. The van der Waals surface area contributed by atoms with E-state index in [1.165, 1.54) is 6.33 Å². The summed E-state index contributed by atoms with van der Waals surface area (Å²) in [6.07, 6.45) is 3.38. The first-order valence-electron chi connectivity index (χ1n) is 8.15. The topological polar surface area (TPSA) is 95.0 Å². The number of hydrogen-bond donors (Lipinski definition) is 2. The Morgan fingerprint density at radius 1 is 1.36 bits per heavy atom. The zero-order valence-electron chi connectivity index (χ0n) is 14.2. The van der Waals surface area contributed by atoms with Crippen LogP contribution in [0, 0.1) is 0 Å². The van der Waals surface area contributed by atoms with Crippen LogP contribution >= 0.6 is 0 Å². The molecular formula is C16H20N8O. The third kappa shape index (κ3) is 2.88. The summed E-state index contributed by atoms with van der Waals surface area (Å²) in [6, 6.07) is 4.01. The van der Waals surface area contributed by atoms with E-state index >= 15 is 0 Å². The van der Waals surface area contributed by atoms with Crippen LogP contribution in [0.4, 0.5) is 10.6 Å². The van der Waals surface area contributed by atoms with Crippen molar-refractivity contribution in [3.8, 4) is 0 Å². The quantitative estimate of drug-likeness (QED) is 0.748. The van der Waals surface area contributed by atoms with Gasteiger partial charge in [0.25, 0.3) is 0 Å². The number of nitrogens with zero attached hydrogens (tertiary/aromatic N) is 6. The fraction of sp³-hybridized carbons (Fsp3) is 0.375. The smallest absolute Gasteiger partial charge is 0.319 e. The second-order valence-corrected chi connectivity index (χ2v) is 6.26. The molecule has 1 aliphatic rings. The zero-order chi connectivity index (χ0) is 17.4. The van der Waals surface area contributed by atoms with Gasteiger partial charge in [0.1, 0.15) is 17.8 Å². The maximum atomic E-state index is 12.1. The molecule has 0 unspecified atom stereocenters. The molecule has 0 aromatic carbocycles. The van der Waals surface area contributed by atoms with Gasteiger partial charge >= 0.3 is 6.03 Å². The molecule has 0 saturated carbocycles. The molecular weight excluding hydrogens is 320 g/mol. The van der Waals surface area contributed by atoms with Gasteiger partial charge in [0.15, 0.2) is 0 Å². The van der Waals surface area contributed by atoms with Crippen LogP contribution in [0.15, 0.2) is 24.7 Å². The highest BCUT2D eigenvalue weighted by Crippen LogP contribution is 2.19. The fourth-order valence-electron chi connectivity index (χ4n) is 3.05. The Bertz CT molecular complexity index is 912. The fourth-order valence-corrected chi connectivity index (χ4v) is 3.05. The van der Waals surface area contributed by atoms with Gasteiger partial charge < -0.3 is 20.1 Å². The Morgan fingerprint density at radius 2 is 2.24 bits per heavy atom. The molecule has 4 heterocycles. The zero-order valence-corrected chi connectivity index (χ0v) is 14.2. The SMILES string of the molecule is CN(C)C(=O)N1CCn2nc(CNc3ncnc4[nH]ccc34)cc2C1. The number of rotatable bonds is 3. The van der Waals surface area contributed by atoms with Crippen molar-refractivity contribution in [1.82, 2.24) is 34.5 Å². The standard InChI is InChI=1S/C16H20N8O/c1-22(2)16(25)23-5-6-24-12(9-23)7-11(21-24)8-18-15-13-3-4-17-14(13)19-10-20-15/h3-4,7,10H,5-6,8-9H2,1-2H3,(H2,17,18,19,20). The number of anilines is 1. The minimum Gasteiger partial charge on any atom is -0.364 e. The number of nitrogens with one attached hydrogen (secondary N) is 2. The minimum atomic E-state index is 0.0305. The van der Waals surface area contributed by atoms with E-state index in [-0.39, 0.29) is 6.03 Å². The van der Waals surface area contributed by atoms with Crippen LogP contribution in [0.3, 0.4) is 0 Å². The number of urea groups is 1. The molecule has 9 nitrogen and oxygen atoms in total. The van der Waals surface area contributed by atoms with Gasteiger partial charge in [-0.1, -0.05) is 0 Å². The van der Waals surface area contributed by atoms with Crippen LogP contribution in [0.1, 0.15) is 11.4 Å². The molecule has 1 aliphatic heterocycles. The Hall–Kier alpha value is -3.10. The van der Waals surface area contributed by atoms with Gasteiger partial charge in [-0.05, 0) is 12.1 Å². The molecule has 4 rings (SSSR count). The van der Waals surface area contributed by atoms with Crippen LogP contribution < -0.4 is 5.32 Å². The lowest BCUT2D eigenvalue weighted by atomic mass is 10.3. The summed E-state index contributed by atoms with van der Waals surface area (Å²) in [5.41, 5.74) is 2.78. The Labute approximate surface area is 144 Å². The Morgan fingerprint density at radius 3 is 3.08 bits per heavy atom. The molecule has 0 radical (unpaired) electrons. The minimum absolute atomic E-state index is 0.0305. The summed E-state index contributed by atoms with van der Waals surface area (Å²) >= 11 is 0. The van der Waals surface area contributed by atoms with Crippen LogP contribution in [0.25, 0.3) is 11.0 Å². The van der Waals surface area contributed by atoms with Crippen LogP contribution in [0.5, 0.6) is 0 Å². The molecule has 0 atom stereocenters. The van der Waals surface area contributed by atoms with Crippen LogP contribution in [-0.4, -0.2) is 61.2 Å². The molecule has 2 N–H and O–H groups in total. The van der Waals surface area contributed by atoms with Gasteiger partial charge in [0, 0.05) is 26.8 Å². The van der Waals surface area contributed by atoms with E-state index in [0.29, 0.717) is 26.2 Å². The second-order valence-electron chi connectivity index (χ2n) is 6.26. The van der Waals surface area contributed by atoms with E-state index in [0.717, 1.165) is 28.2 Å². The average molecular weight is 340 g/mol. The first kappa shape index (κ1) is 15.4. The van der Waals surface area contributed by atoms with Crippen molar-refractivity contribution in [2.45, 2.75) is 19.6 Å². The van der Waals surface area contributed by atoms with E-state index in [9.17, 15) is 4.79 Å². The molecule has 3 aromatic rings. The third-order valence-corrected chi connectivity index (χ3v) is 4.29. The largest absolute Gasteiger partial charge is 0.364 e. The maximum absolute atomic E-state index is 12.1. The van der Waals surface area contributed by atoms with Crippen molar-refractivity contribution < 1.29 is 4.79 Å². The number of aromatic nitrogens is 5. The highest BCUT2D eigenvalue weighted by atomic mass is 16.2. The predicted octanol–water partition coefficient (Wildman–Crippen LogP) is 1.26. The van der Waals surface area contributed by atoms with Gasteiger partial charge in [0.2, 0.25) is 0 Å². The summed E-state index contributed by atoms with van der Waals surface area (Å²) in [6.45, 7) is 2.54. The lowest BCUT2D eigenvalue weighted by molar-refractivity contribution is 0.155. The molecule has 0 spiro atoms. The molecule has 2 amide bonds. The van der Waals surface area contributed by atoms with Gasteiger partial charge in [-0.25, -0.2) is 14.8 Å². The van der Waals surface area contributed by atoms with Crippen LogP contribution in [0.2, 0.25) is 0 Å². The second kappa shape index (κ2) is 6.08. The van der Waals surface area contributed by atoms with E-state index in [1.807, 2.05) is 27.9 Å².